The summed E-state index contributed by atoms with van der Waals surface area (Å²) < 4.78 is 11.3. The average molecular weight is 355 g/mol. The molecule has 0 radical (unpaired) electrons. The second-order valence-electron chi connectivity index (χ2n) is 4.61. The van der Waals surface area contributed by atoms with Gasteiger partial charge in [-0.15, -0.1) is 0 Å². The zero-order chi connectivity index (χ0) is 16.8. The van der Waals surface area contributed by atoms with Crippen LogP contribution in [0.15, 0.2) is 36.4 Å². The van der Waals surface area contributed by atoms with E-state index in [-0.39, 0.29) is 0 Å². The smallest absolute Gasteiger partial charge is 0.265 e. The molecule has 7 heteroatoms. The Morgan fingerprint density at radius 2 is 1.87 bits per heavy atom. The van der Waals surface area contributed by atoms with Gasteiger partial charge >= 0.3 is 0 Å². The number of nitrogen functional groups attached to an aromatic ring is 1. The fraction of sp³-hybridized carbons (Fsp3) is 0.188. The van der Waals surface area contributed by atoms with Crippen LogP contribution in [0.2, 0.25) is 10.0 Å². The first-order valence-corrected chi connectivity index (χ1v) is 7.65. The number of hydrogen-bond donors (Lipinski definition) is 2. The third kappa shape index (κ3) is 4.51. The molecule has 3 N–H and O–H groups in total. The minimum atomic E-state index is -0.401. The van der Waals surface area contributed by atoms with E-state index >= 15 is 0 Å². The molecule has 2 aromatic carbocycles. The molecule has 0 fully saturated rings. The van der Waals surface area contributed by atoms with Gasteiger partial charge in [-0.1, -0.05) is 29.3 Å². The number of amides is 1. The molecule has 0 aliphatic rings. The SMILES string of the molecule is CCOc1cc(C(=O)NN)ccc1OCc1ccc(Cl)c(Cl)c1. The Hall–Kier alpha value is -1.95. The van der Waals surface area contributed by atoms with E-state index in [1.807, 2.05) is 13.0 Å². The van der Waals surface area contributed by atoms with Gasteiger partial charge in [0.05, 0.1) is 16.7 Å². The normalized spacial score (nSPS) is 10.3. The molecule has 0 atom stereocenters. The van der Waals surface area contributed by atoms with Gasteiger partial charge < -0.3 is 9.47 Å². The lowest BCUT2D eigenvalue weighted by Crippen LogP contribution is -2.29. The van der Waals surface area contributed by atoms with Crippen LogP contribution in [0.5, 0.6) is 11.5 Å². The maximum atomic E-state index is 11.6. The van der Waals surface area contributed by atoms with E-state index in [1.165, 1.54) is 0 Å². The molecule has 23 heavy (non-hydrogen) atoms. The predicted octanol–water partition coefficient (Wildman–Crippen LogP) is 3.57. The molecule has 0 bridgehead atoms. The molecule has 122 valence electrons. The molecular formula is C16H16Cl2N2O3. The van der Waals surface area contributed by atoms with E-state index in [2.05, 4.69) is 5.43 Å². The molecule has 0 aliphatic carbocycles. The Kier molecular flexibility index (Phi) is 6.10. The van der Waals surface area contributed by atoms with Gasteiger partial charge in [0.15, 0.2) is 11.5 Å². The first-order valence-electron chi connectivity index (χ1n) is 6.89. The van der Waals surface area contributed by atoms with Gasteiger partial charge in [0.25, 0.3) is 5.91 Å². The Labute approximate surface area is 144 Å². The topological polar surface area (TPSA) is 73.6 Å². The number of carbonyl (C=O) groups excluding carboxylic acids is 1. The van der Waals surface area contributed by atoms with Gasteiger partial charge in [0.1, 0.15) is 6.61 Å². The third-order valence-corrected chi connectivity index (χ3v) is 3.75. The zero-order valence-electron chi connectivity index (χ0n) is 12.4. The van der Waals surface area contributed by atoms with Crippen molar-refractivity contribution in [3.05, 3.63) is 57.6 Å². The lowest BCUT2D eigenvalue weighted by molar-refractivity contribution is 0.0953. The molecule has 2 rings (SSSR count). The summed E-state index contributed by atoms with van der Waals surface area (Å²) in [4.78, 5) is 11.6. The van der Waals surface area contributed by atoms with E-state index in [9.17, 15) is 4.79 Å². The van der Waals surface area contributed by atoms with Crippen LogP contribution in [0.4, 0.5) is 0 Å². The lowest BCUT2D eigenvalue weighted by atomic mass is 10.2. The first kappa shape index (κ1) is 17.4. The van der Waals surface area contributed by atoms with E-state index < -0.39 is 5.91 Å². The largest absolute Gasteiger partial charge is 0.490 e. The van der Waals surface area contributed by atoms with Crippen molar-refractivity contribution in [2.24, 2.45) is 5.84 Å². The summed E-state index contributed by atoms with van der Waals surface area (Å²) in [6.07, 6.45) is 0. The monoisotopic (exact) mass is 354 g/mol. The number of nitrogens with one attached hydrogen (secondary N) is 1. The zero-order valence-corrected chi connectivity index (χ0v) is 13.9. The van der Waals surface area contributed by atoms with Crippen molar-refractivity contribution >= 4 is 29.1 Å². The van der Waals surface area contributed by atoms with Gasteiger partial charge in [0, 0.05) is 5.56 Å². The maximum Gasteiger partial charge on any atom is 0.265 e. The summed E-state index contributed by atoms with van der Waals surface area (Å²) in [5.41, 5.74) is 3.33. The molecule has 0 spiro atoms. The fourth-order valence-corrected chi connectivity index (χ4v) is 2.23. The highest BCUT2D eigenvalue weighted by Crippen LogP contribution is 2.30. The maximum absolute atomic E-state index is 11.6. The lowest BCUT2D eigenvalue weighted by Gasteiger charge is -2.13. The van der Waals surface area contributed by atoms with E-state index in [0.29, 0.717) is 40.3 Å². The minimum Gasteiger partial charge on any atom is -0.490 e. The van der Waals surface area contributed by atoms with Gasteiger partial charge in [-0.05, 0) is 42.8 Å². The molecule has 0 aliphatic heterocycles. The van der Waals surface area contributed by atoms with Crippen LogP contribution in [0, 0.1) is 0 Å². The van der Waals surface area contributed by atoms with E-state index in [1.54, 1.807) is 30.3 Å². The molecule has 5 nitrogen and oxygen atoms in total. The van der Waals surface area contributed by atoms with Crippen LogP contribution in [0.25, 0.3) is 0 Å². The quantitative estimate of drug-likeness (QED) is 0.472. The average Bonchev–Trinajstić information content (AvgIpc) is 2.56. The Balaban J connectivity index is 2.17. The number of hydrogen-bond acceptors (Lipinski definition) is 4. The number of rotatable bonds is 6. The standard InChI is InChI=1S/C16H16Cl2N2O3/c1-2-22-15-8-11(16(21)20-19)4-6-14(15)23-9-10-3-5-12(17)13(18)7-10/h3-8H,2,9,19H2,1H3,(H,20,21). The highest BCUT2D eigenvalue weighted by Gasteiger charge is 2.11. The van der Waals surface area contributed by atoms with Crippen molar-refractivity contribution in [3.8, 4) is 11.5 Å². The van der Waals surface area contributed by atoms with Crippen LogP contribution in [-0.2, 0) is 6.61 Å². The summed E-state index contributed by atoms with van der Waals surface area (Å²) in [6.45, 7) is 2.58. The van der Waals surface area contributed by atoms with Crippen molar-refractivity contribution < 1.29 is 14.3 Å². The van der Waals surface area contributed by atoms with Crippen LogP contribution in [-0.4, -0.2) is 12.5 Å². The number of hydrazine groups is 1. The van der Waals surface area contributed by atoms with Crippen molar-refractivity contribution in [2.45, 2.75) is 13.5 Å². The summed E-state index contributed by atoms with van der Waals surface area (Å²) in [6, 6.07) is 10.1. The molecule has 2 aromatic rings. The summed E-state index contributed by atoms with van der Waals surface area (Å²) in [5.74, 6) is 5.72. The Morgan fingerprint density at radius 3 is 2.52 bits per heavy atom. The van der Waals surface area contributed by atoms with Crippen molar-refractivity contribution in [3.63, 3.8) is 0 Å². The van der Waals surface area contributed by atoms with Crippen LogP contribution in [0.3, 0.4) is 0 Å². The highest BCUT2D eigenvalue weighted by atomic mass is 35.5. The fourth-order valence-electron chi connectivity index (χ4n) is 1.91. The molecule has 0 unspecified atom stereocenters. The van der Waals surface area contributed by atoms with E-state index in [0.717, 1.165) is 5.56 Å². The number of benzene rings is 2. The predicted molar refractivity (Wildman–Crippen MR) is 90.1 cm³/mol. The van der Waals surface area contributed by atoms with Crippen molar-refractivity contribution in [1.29, 1.82) is 0 Å². The van der Waals surface area contributed by atoms with Gasteiger partial charge in [0.2, 0.25) is 0 Å². The number of carbonyl (C=O) groups is 1. The van der Waals surface area contributed by atoms with Crippen molar-refractivity contribution in [2.75, 3.05) is 6.61 Å². The first-order chi connectivity index (χ1) is 11.0. The second-order valence-corrected chi connectivity index (χ2v) is 5.42. The Bertz CT molecular complexity index is 708. The molecule has 1 amide bonds. The van der Waals surface area contributed by atoms with Crippen molar-refractivity contribution in [1.82, 2.24) is 5.43 Å². The van der Waals surface area contributed by atoms with Gasteiger partial charge in [-0.2, -0.15) is 0 Å². The highest BCUT2D eigenvalue weighted by molar-refractivity contribution is 6.42. The summed E-state index contributed by atoms with van der Waals surface area (Å²) in [7, 11) is 0. The summed E-state index contributed by atoms with van der Waals surface area (Å²) in [5, 5.41) is 0.954. The number of nitrogens with two attached hydrogens (primary N) is 1. The minimum absolute atomic E-state index is 0.291. The van der Waals surface area contributed by atoms with Crippen LogP contribution >= 0.6 is 23.2 Å². The van der Waals surface area contributed by atoms with Crippen LogP contribution < -0.4 is 20.7 Å². The molecule has 0 saturated heterocycles. The number of ether oxygens (including phenoxy) is 2. The molecular weight excluding hydrogens is 339 g/mol. The molecule has 0 saturated carbocycles. The van der Waals surface area contributed by atoms with E-state index in [4.69, 9.17) is 38.5 Å². The third-order valence-electron chi connectivity index (χ3n) is 3.02. The number of halogens is 2. The molecule has 0 heterocycles. The molecule has 0 aromatic heterocycles. The summed E-state index contributed by atoms with van der Waals surface area (Å²) >= 11 is 11.9. The second kappa shape index (κ2) is 8.06. The van der Waals surface area contributed by atoms with Gasteiger partial charge in [-0.3, -0.25) is 10.2 Å². The van der Waals surface area contributed by atoms with Gasteiger partial charge in [-0.25, -0.2) is 5.84 Å². The Morgan fingerprint density at radius 1 is 1.09 bits per heavy atom. The van der Waals surface area contributed by atoms with Crippen LogP contribution in [0.1, 0.15) is 22.8 Å².